The largest absolute Gasteiger partial charge is 0.496 e. The van der Waals surface area contributed by atoms with Crippen LogP contribution in [-0.4, -0.2) is 23.2 Å². The number of hydrogen-bond acceptors (Lipinski definition) is 5. The highest BCUT2D eigenvalue weighted by Crippen LogP contribution is 2.25. The maximum Gasteiger partial charge on any atom is 0.339 e. The number of aromatic carboxylic acids is 1. The Labute approximate surface area is 115 Å². The van der Waals surface area contributed by atoms with Crippen molar-refractivity contribution in [2.75, 3.05) is 12.4 Å². The fourth-order valence-electron chi connectivity index (χ4n) is 1.65. The SMILES string of the molecule is COc1cc(Nc2ccc(C#N)nc2)ccc1C(=O)O. The summed E-state index contributed by atoms with van der Waals surface area (Å²) in [4.78, 5) is 14.9. The van der Waals surface area contributed by atoms with Crippen molar-refractivity contribution >= 4 is 17.3 Å². The molecule has 1 heterocycles. The van der Waals surface area contributed by atoms with Crippen molar-refractivity contribution in [1.29, 1.82) is 5.26 Å². The molecular formula is C14H11N3O3. The number of carbonyl (C=O) groups is 1. The van der Waals surface area contributed by atoms with Crippen LogP contribution in [0.15, 0.2) is 36.5 Å². The molecule has 0 atom stereocenters. The number of nitrogens with zero attached hydrogens (tertiary/aromatic N) is 2. The van der Waals surface area contributed by atoms with Gasteiger partial charge in [0.2, 0.25) is 0 Å². The number of aromatic nitrogens is 1. The third kappa shape index (κ3) is 2.84. The minimum Gasteiger partial charge on any atom is -0.496 e. The van der Waals surface area contributed by atoms with Crippen LogP contribution in [-0.2, 0) is 0 Å². The molecule has 2 N–H and O–H groups in total. The van der Waals surface area contributed by atoms with Gasteiger partial charge in [-0.1, -0.05) is 0 Å². The van der Waals surface area contributed by atoms with Gasteiger partial charge in [0.1, 0.15) is 23.1 Å². The van der Waals surface area contributed by atoms with E-state index >= 15 is 0 Å². The topological polar surface area (TPSA) is 95.2 Å². The monoisotopic (exact) mass is 269 g/mol. The molecule has 2 rings (SSSR count). The van der Waals surface area contributed by atoms with Crippen LogP contribution in [0.4, 0.5) is 11.4 Å². The third-order valence-electron chi connectivity index (χ3n) is 2.60. The average molecular weight is 269 g/mol. The molecule has 1 aromatic carbocycles. The number of benzene rings is 1. The van der Waals surface area contributed by atoms with Crippen LogP contribution < -0.4 is 10.1 Å². The molecule has 6 heteroatoms. The molecule has 0 radical (unpaired) electrons. The lowest BCUT2D eigenvalue weighted by Gasteiger charge is -2.10. The fourth-order valence-corrected chi connectivity index (χ4v) is 1.65. The minimum absolute atomic E-state index is 0.0935. The molecular weight excluding hydrogens is 258 g/mol. The van der Waals surface area contributed by atoms with E-state index in [9.17, 15) is 4.79 Å². The molecule has 0 unspecified atom stereocenters. The number of methoxy groups -OCH3 is 1. The molecule has 0 aliphatic heterocycles. The van der Waals surface area contributed by atoms with Gasteiger partial charge in [0, 0.05) is 11.8 Å². The average Bonchev–Trinajstić information content (AvgIpc) is 2.47. The van der Waals surface area contributed by atoms with Crippen molar-refractivity contribution in [2.24, 2.45) is 0 Å². The molecule has 0 saturated heterocycles. The van der Waals surface area contributed by atoms with Crippen molar-refractivity contribution in [1.82, 2.24) is 4.98 Å². The molecule has 100 valence electrons. The Morgan fingerprint density at radius 3 is 2.65 bits per heavy atom. The molecule has 6 nitrogen and oxygen atoms in total. The zero-order chi connectivity index (χ0) is 14.5. The van der Waals surface area contributed by atoms with Gasteiger partial charge < -0.3 is 15.2 Å². The van der Waals surface area contributed by atoms with Crippen molar-refractivity contribution in [3.05, 3.63) is 47.8 Å². The first-order chi connectivity index (χ1) is 9.63. The summed E-state index contributed by atoms with van der Waals surface area (Å²) in [6, 6.07) is 9.91. The summed E-state index contributed by atoms with van der Waals surface area (Å²) in [6.45, 7) is 0. The zero-order valence-corrected chi connectivity index (χ0v) is 10.6. The maximum atomic E-state index is 11.0. The number of nitrogens with one attached hydrogen (secondary N) is 1. The van der Waals surface area contributed by atoms with E-state index in [-0.39, 0.29) is 11.3 Å². The summed E-state index contributed by atoms with van der Waals surface area (Å²) in [7, 11) is 1.41. The molecule has 0 fully saturated rings. The summed E-state index contributed by atoms with van der Waals surface area (Å²) in [6.07, 6.45) is 1.52. The van der Waals surface area contributed by atoms with Crippen LogP contribution in [0.25, 0.3) is 0 Å². The first kappa shape index (κ1) is 13.4. The second kappa shape index (κ2) is 5.71. The van der Waals surface area contributed by atoms with Crippen molar-refractivity contribution in [2.45, 2.75) is 0 Å². The molecule has 0 amide bonds. The van der Waals surface area contributed by atoms with Crippen molar-refractivity contribution in [3.8, 4) is 11.8 Å². The lowest BCUT2D eigenvalue weighted by molar-refractivity contribution is 0.0693. The quantitative estimate of drug-likeness (QED) is 0.884. The van der Waals surface area contributed by atoms with Gasteiger partial charge in [-0.25, -0.2) is 9.78 Å². The van der Waals surface area contributed by atoms with Crippen LogP contribution in [0, 0.1) is 11.3 Å². The second-order valence-corrected chi connectivity index (χ2v) is 3.89. The lowest BCUT2D eigenvalue weighted by Crippen LogP contribution is -2.01. The fraction of sp³-hybridized carbons (Fsp3) is 0.0714. The standard InChI is InChI=1S/C14H11N3O3/c1-20-13-6-9(4-5-12(13)14(18)19)17-11-3-2-10(7-15)16-8-11/h2-6,8,17H,1H3,(H,18,19). The first-order valence-electron chi connectivity index (χ1n) is 5.68. The van der Waals surface area contributed by atoms with Gasteiger partial charge >= 0.3 is 5.97 Å². The highest BCUT2D eigenvalue weighted by Gasteiger charge is 2.11. The van der Waals surface area contributed by atoms with E-state index in [1.807, 2.05) is 6.07 Å². The number of rotatable bonds is 4. The molecule has 20 heavy (non-hydrogen) atoms. The Hall–Kier alpha value is -3.07. The van der Waals surface area contributed by atoms with Crippen LogP contribution in [0.5, 0.6) is 5.75 Å². The number of nitriles is 1. The van der Waals surface area contributed by atoms with Gasteiger partial charge in [0.25, 0.3) is 0 Å². The smallest absolute Gasteiger partial charge is 0.339 e. The van der Waals surface area contributed by atoms with Gasteiger partial charge in [-0.05, 0) is 24.3 Å². The Morgan fingerprint density at radius 1 is 1.35 bits per heavy atom. The normalized spacial score (nSPS) is 9.60. The summed E-state index contributed by atoms with van der Waals surface area (Å²) in [5.74, 6) is -0.780. The van der Waals surface area contributed by atoms with E-state index in [0.29, 0.717) is 17.1 Å². The van der Waals surface area contributed by atoms with Gasteiger partial charge in [0.15, 0.2) is 0 Å². The number of ether oxygens (including phenoxy) is 1. The molecule has 0 bridgehead atoms. The van der Waals surface area contributed by atoms with Crippen molar-refractivity contribution < 1.29 is 14.6 Å². The summed E-state index contributed by atoms with van der Waals surface area (Å²) in [5.41, 5.74) is 1.78. The van der Waals surface area contributed by atoms with Crippen LogP contribution in [0.3, 0.4) is 0 Å². The van der Waals surface area contributed by atoms with Crippen LogP contribution >= 0.6 is 0 Å². The molecule has 0 aliphatic carbocycles. The number of pyridine rings is 1. The van der Waals surface area contributed by atoms with E-state index in [4.69, 9.17) is 15.1 Å². The molecule has 0 saturated carbocycles. The Kier molecular flexibility index (Phi) is 3.82. The predicted octanol–water partition coefficient (Wildman–Crippen LogP) is 2.40. The van der Waals surface area contributed by atoms with E-state index in [0.717, 1.165) is 0 Å². The predicted molar refractivity (Wildman–Crippen MR) is 72.2 cm³/mol. The van der Waals surface area contributed by atoms with Gasteiger partial charge in [-0.3, -0.25) is 0 Å². The lowest BCUT2D eigenvalue weighted by atomic mass is 10.2. The summed E-state index contributed by atoms with van der Waals surface area (Å²) >= 11 is 0. The number of carboxylic acids is 1. The number of hydrogen-bond donors (Lipinski definition) is 2. The minimum atomic E-state index is -1.05. The van der Waals surface area contributed by atoms with Crippen LogP contribution in [0.1, 0.15) is 16.1 Å². The summed E-state index contributed by atoms with van der Waals surface area (Å²) < 4.78 is 5.04. The van der Waals surface area contributed by atoms with E-state index in [2.05, 4.69) is 10.3 Å². The molecule has 2 aromatic rings. The van der Waals surface area contributed by atoms with Gasteiger partial charge in [0.05, 0.1) is 19.0 Å². The Morgan fingerprint density at radius 2 is 2.10 bits per heavy atom. The highest BCUT2D eigenvalue weighted by molar-refractivity contribution is 5.91. The molecule has 0 spiro atoms. The number of anilines is 2. The Bertz CT molecular complexity index is 675. The third-order valence-corrected chi connectivity index (χ3v) is 2.60. The maximum absolute atomic E-state index is 11.0. The zero-order valence-electron chi connectivity index (χ0n) is 10.6. The van der Waals surface area contributed by atoms with Gasteiger partial charge in [-0.2, -0.15) is 5.26 Å². The van der Waals surface area contributed by atoms with Gasteiger partial charge in [-0.15, -0.1) is 0 Å². The van der Waals surface area contributed by atoms with Crippen molar-refractivity contribution in [3.63, 3.8) is 0 Å². The molecule has 0 aliphatic rings. The van der Waals surface area contributed by atoms with E-state index < -0.39 is 5.97 Å². The first-order valence-corrected chi connectivity index (χ1v) is 5.68. The van der Waals surface area contributed by atoms with E-state index in [1.54, 1.807) is 24.3 Å². The second-order valence-electron chi connectivity index (χ2n) is 3.89. The Balaban J connectivity index is 2.25. The number of carboxylic acid groups (broad SMARTS) is 1. The molecule has 1 aromatic heterocycles. The van der Waals surface area contributed by atoms with E-state index in [1.165, 1.54) is 19.4 Å². The highest BCUT2D eigenvalue weighted by atomic mass is 16.5. The summed E-state index contributed by atoms with van der Waals surface area (Å²) in [5, 5.41) is 20.7. The van der Waals surface area contributed by atoms with Crippen LogP contribution in [0.2, 0.25) is 0 Å².